The van der Waals surface area contributed by atoms with Crippen LogP contribution >= 0.6 is 15.6 Å². The molecule has 2 aromatic carbocycles. The minimum atomic E-state index is -5.22. The lowest BCUT2D eigenvalue weighted by atomic mass is 9.93. The van der Waals surface area contributed by atoms with Crippen molar-refractivity contribution in [3.8, 4) is 11.5 Å². The summed E-state index contributed by atoms with van der Waals surface area (Å²) in [5.74, 6) is 0.659. The van der Waals surface area contributed by atoms with Crippen molar-refractivity contribution in [1.29, 1.82) is 0 Å². The normalized spacial score (nSPS) is 13.1. The molecule has 14 heteroatoms. The van der Waals surface area contributed by atoms with E-state index in [1.165, 1.54) is 11.1 Å². The highest BCUT2D eigenvalue weighted by atomic mass is 31.3. The fraction of sp³-hybridized carbons (Fsp3) is 0.368. The zero-order chi connectivity index (χ0) is 25.7. The Morgan fingerprint density at radius 2 is 1.06 bits per heavy atom. The first kappa shape index (κ1) is 31.2. The highest BCUT2D eigenvalue weighted by molar-refractivity contribution is 7.60. The Hall–Kier alpha value is -1.82. The van der Waals surface area contributed by atoms with Crippen molar-refractivity contribution in [2.75, 3.05) is 26.4 Å². The van der Waals surface area contributed by atoms with Crippen molar-refractivity contribution < 1.29 is 58.2 Å². The van der Waals surface area contributed by atoms with Gasteiger partial charge >= 0.3 is 15.6 Å². The first-order valence-corrected chi connectivity index (χ1v) is 12.3. The lowest BCUT2D eigenvalue weighted by Crippen LogP contribution is -2.38. The van der Waals surface area contributed by atoms with Crippen LogP contribution in [0.3, 0.4) is 0 Å². The number of aryl methyl sites for hydroxylation is 2. The molecule has 0 aliphatic rings. The summed E-state index contributed by atoms with van der Waals surface area (Å²) >= 11 is 0. The van der Waals surface area contributed by atoms with E-state index >= 15 is 0 Å². The van der Waals surface area contributed by atoms with E-state index < -0.39 is 47.5 Å². The van der Waals surface area contributed by atoms with E-state index in [9.17, 15) is 9.13 Å². The van der Waals surface area contributed by atoms with E-state index in [1.807, 2.05) is 38.1 Å². The number of phenolic OH excluding ortho intramolecular Hbond substituents is 2. The van der Waals surface area contributed by atoms with Gasteiger partial charge in [-0.15, -0.1) is 0 Å². The molecule has 0 bridgehead atoms. The van der Waals surface area contributed by atoms with Crippen LogP contribution in [0.2, 0.25) is 0 Å². The molecule has 12 nitrogen and oxygen atoms in total. The molecule has 1 atom stereocenters. The molecule has 0 fully saturated rings. The summed E-state index contributed by atoms with van der Waals surface area (Å²) in [5.41, 5.74) is 0.724. The zero-order valence-corrected chi connectivity index (χ0v) is 19.8. The number of aliphatic hydroxyl groups excluding tert-OH is 3. The van der Waals surface area contributed by atoms with Crippen molar-refractivity contribution in [2.24, 2.45) is 5.41 Å². The number of aromatic hydroxyl groups is 2. The molecule has 0 aliphatic carbocycles. The van der Waals surface area contributed by atoms with Crippen molar-refractivity contribution >= 4 is 15.6 Å². The summed E-state index contributed by atoms with van der Waals surface area (Å²) in [6.45, 7) is 0.838. The van der Waals surface area contributed by atoms with Crippen LogP contribution in [0.15, 0.2) is 48.5 Å². The molecule has 0 saturated carbocycles. The Kier molecular flexibility index (Phi) is 13.6. The summed E-state index contributed by atoms with van der Waals surface area (Å²) < 4.78 is 28.9. The number of phosphoric acid groups is 2. The van der Waals surface area contributed by atoms with Gasteiger partial charge in [-0.25, -0.2) is 9.13 Å². The smallest absolute Gasteiger partial charge is 0.481 e. The van der Waals surface area contributed by atoms with Crippen molar-refractivity contribution in [3.63, 3.8) is 0 Å². The van der Waals surface area contributed by atoms with Crippen molar-refractivity contribution in [1.82, 2.24) is 0 Å². The largest absolute Gasteiger partial charge is 0.508 e. The molecule has 1 unspecified atom stereocenters. The average molecular weight is 512 g/mol. The second-order valence-electron chi connectivity index (χ2n) is 6.96. The average Bonchev–Trinajstić information content (AvgIpc) is 2.73. The maximum Gasteiger partial charge on any atom is 0.481 e. The lowest BCUT2D eigenvalue weighted by molar-refractivity contribution is -0.0316. The van der Waals surface area contributed by atoms with Crippen LogP contribution in [0.1, 0.15) is 11.1 Å². The molecule has 2 rings (SSSR count). The van der Waals surface area contributed by atoms with Gasteiger partial charge in [0.1, 0.15) is 11.5 Å². The van der Waals surface area contributed by atoms with Gasteiger partial charge in [0.25, 0.3) is 0 Å². The van der Waals surface area contributed by atoms with Gasteiger partial charge < -0.3 is 40.2 Å². The minimum Gasteiger partial charge on any atom is -0.508 e. The minimum absolute atomic E-state index is 0.329. The van der Waals surface area contributed by atoms with Crippen molar-refractivity contribution in [3.05, 3.63) is 59.7 Å². The van der Waals surface area contributed by atoms with E-state index in [-0.39, 0.29) is 0 Å². The van der Waals surface area contributed by atoms with Gasteiger partial charge in [-0.2, -0.15) is 4.31 Å². The Labute approximate surface area is 191 Å². The first-order chi connectivity index (χ1) is 15.2. The molecule has 8 N–H and O–H groups in total. The van der Waals surface area contributed by atoms with Crippen LogP contribution in [0.4, 0.5) is 0 Å². The zero-order valence-electron chi connectivity index (χ0n) is 18.1. The van der Waals surface area contributed by atoms with E-state index in [0.29, 0.717) is 11.5 Å². The van der Waals surface area contributed by atoms with Crippen LogP contribution < -0.4 is 0 Å². The summed E-state index contributed by atoms with van der Waals surface area (Å²) in [7, 11) is -10.3. The molecule has 0 heterocycles. The second-order valence-corrected chi connectivity index (χ2v) is 9.79. The molecule has 0 spiro atoms. The van der Waals surface area contributed by atoms with Crippen LogP contribution in [-0.2, 0) is 18.0 Å². The third-order valence-corrected chi connectivity index (χ3v) is 5.95. The molecule has 0 amide bonds. The highest BCUT2D eigenvalue weighted by Gasteiger charge is 2.37. The Bertz CT molecular complexity index is 798. The maximum atomic E-state index is 11.0. The molecule has 0 aromatic heterocycles. The predicted molar refractivity (Wildman–Crippen MR) is 118 cm³/mol. The van der Waals surface area contributed by atoms with Crippen LogP contribution in [0.25, 0.3) is 0 Å². The predicted octanol–water partition coefficient (Wildman–Crippen LogP) is 1.58. The summed E-state index contributed by atoms with van der Waals surface area (Å²) in [5, 5.41) is 44.0. The van der Waals surface area contributed by atoms with Crippen molar-refractivity contribution in [2.45, 2.75) is 13.8 Å². The number of hydrogen-bond donors (Lipinski definition) is 8. The summed E-state index contributed by atoms with van der Waals surface area (Å²) in [6.07, 6.45) is 0. The van der Waals surface area contributed by atoms with Crippen LogP contribution in [0, 0.1) is 19.3 Å². The SMILES string of the molecule is Cc1ccc(O)cc1.Cc1ccc(O)cc1.O=P(O)(O)OP(=O)(O)OCC(CO)(CO)CO. The Morgan fingerprint density at radius 3 is 1.30 bits per heavy atom. The van der Waals surface area contributed by atoms with Gasteiger partial charge in [0, 0.05) is 0 Å². The summed E-state index contributed by atoms with van der Waals surface area (Å²) in [4.78, 5) is 25.4. The standard InChI is InChI=1S/2C7H8O.C5H14O10P2/c2*1-6-2-4-7(8)5-3-6;6-1-5(2-7,3-8)4-14-17(12,13)15-16(9,10)11/h2*2-5,8H,1H3;6-8H,1-4H2,(H,12,13)(H2,9,10,11). The van der Waals surface area contributed by atoms with Gasteiger partial charge in [-0.3, -0.25) is 4.52 Å². The number of benzene rings is 2. The fourth-order valence-electron chi connectivity index (χ4n) is 1.75. The monoisotopic (exact) mass is 512 g/mol. The topological polar surface area (TPSA) is 214 Å². The number of hydrogen-bond acceptors (Lipinski definition) is 9. The Balaban J connectivity index is 0.000000525. The third kappa shape index (κ3) is 14.8. The number of rotatable bonds is 8. The lowest BCUT2D eigenvalue weighted by Gasteiger charge is -2.27. The fourth-order valence-corrected chi connectivity index (χ4v) is 3.45. The van der Waals surface area contributed by atoms with Crippen LogP contribution in [-0.4, -0.2) is 66.6 Å². The van der Waals surface area contributed by atoms with E-state index in [2.05, 4.69) is 8.83 Å². The number of phosphoric ester groups is 1. The van der Waals surface area contributed by atoms with E-state index in [1.54, 1.807) is 24.3 Å². The second kappa shape index (κ2) is 14.4. The number of aliphatic hydroxyl groups is 3. The molecule has 0 aliphatic heterocycles. The van der Waals surface area contributed by atoms with Crippen LogP contribution in [0.5, 0.6) is 11.5 Å². The van der Waals surface area contributed by atoms with Gasteiger partial charge in [0.15, 0.2) is 0 Å². The summed E-state index contributed by atoms with van der Waals surface area (Å²) in [6, 6.07) is 14.2. The van der Waals surface area contributed by atoms with Gasteiger partial charge in [0.05, 0.1) is 31.8 Å². The van der Waals surface area contributed by atoms with Gasteiger partial charge in [-0.1, -0.05) is 35.4 Å². The van der Waals surface area contributed by atoms with Gasteiger partial charge in [-0.05, 0) is 38.1 Å². The quantitative estimate of drug-likeness (QED) is 0.237. The van der Waals surface area contributed by atoms with Gasteiger partial charge in [0.2, 0.25) is 0 Å². The molecule has 0 saturated heterocycles. The van der Waals surface area contributed by atoms with E-state index in [4.69, 9.17) is 40.2 Å². The third-order valence-electron chi connectivity index (χ3n) is 3.82. The molecule has 0 radical (unpaired) electrons. The number of phenols is 2. The molecule has 188 valence electrons. The molecule has 2 aromatic rings. The van der Waals surface area contributed by atoms with E-state index in [0.717, 1.165) is 0 Å². The Morgan fingerprint density at radius 1 is 0.727 bits per heavy atom. The molecular weight excluding hydrogens is 482 g/mol. The molecular formula is C19H30O12P2. The molecule has 33 heavy (non-hydrogen) atoms. The highest BCUT2D eigenvalue weighted by Crippen LogP contribution is 2.57. The first-order valence-electron chi connectivity index (χ1n) is 9.25. The maximum absolute atomic E-state index is 11.0.